The molecular formula is C28H39FN2O6. The Labute approximate surface area is 218 Å². The zero-order valence-corrected chi connectivity index (χ0v) is 22.2. The molecule has 4 atom stereocenters. The van der Waals surface area contributed by atoms with Crippen LogP contribution in [0.15, 0.2) is 12.1 Å². The van der Waals surface area contributed by atoms with Gasteiger partial charge in [0.05, 0.1) is 37.2 Å². The molecule has 4 rings (SSSR count). The van der Waals surface area contributed by atoms with Gasteiger partial charge in [0, 0.05) is 18.2 Å². The van der Waals surface area contributed by atoms with Crippen molar-refractivity contribution in [2.75, 3.05) is 13.7 Å². The lowest BCUT2D eigenvalue weighted by Crippen LogP contribution is -2.50. The Balaban J connectivity index is 1.46. The van der Waals surface area contributed by atoms with Crippen molar-refractivity contribution in [3.05, 3.63) is 23.5 Å². The van der Waals surface area contributed by atoms with E-state index in [2.05, 4.69) is 10.6 Å². The van der Waals surface area contributed by atoms with Gasteiger partial charge in [0.2, 0.25) is 5.91 Å². The van der Waals surface area contributed by atoms with Crippen LogP contribution in [0.1, 0.15) is 76.1 Å². The number of ether oxygens (including phenoxy) is 3. The highest BCUT2D eigenvalue weighted by Crippen LogP contribution is 2.49. The Morgan fingerprint density at radius 2 is 1.73 bits per heavy atom. The lowest BCUT2D eigenvalue weighted by molar-refractivity contribution is -0.149. The highest BCUT2D eigenvalue weighted by molar-refractivity contribution is 5.98. The van der Waals surface area contributed by atoms with Crippen molar-refractivity contribution >= 4 is 17.8 Å². The SMILES string of the molecule is CCOC(=O)C1CCC(Oc2cc(C(=O)NC3C4CCC(C4)C3C(=O)NC(C)C)c(OC)cc2F)CC1. The van der Waals surface area contributed by atoms with Crippen molar-refractivity contribution in [3.63, 3.8) is 0 Å². The predicted molar refractivity (Wildman–Crippen MR) is 135 cm³/mol. The van der Waals surface area contributed by atoms with Crippen LogP contribution in [0.2, 0.25) is 0 Å². The molecule has 9 heteroatoms. The van der Waals surface area contributed by atoms with Crippen molar-refractivity contribution in [2.45, 2.75) is 83.9 Å². The lowest BCUT2D eigenvalue weighted by atomic mass is 9.83. The Bertz CT molecular complexity index is 1010. The summed E-state index contributed by atoms with van der Waals surface area (Å²) in [6, 6.07) is 2.30. The second-order valence-corrected chi connectivity index (χ2v) is 10.8. The fraction of sp³-hybridized carbons (Fsp3) is 0.679. The lowest BCUT2D eigenvalue weighted by Gasteiger charge is -2.31. The molecule has 0 aliphatic heterocycles. The van der Waals surface area contributed by atoms with E-state index in [-0.39, 0.29) is 70.8 Å². The standard InChI is InChI=1S/C28H39FN2O6/c1-5-36-28(34)16-8-10-19(11-9-16)37-23-13-20(22(35-4)14-21(23)29)26(32)31-25-18-7-6-17(12-18)24(25)27(33)30-15(2)3/h13-19,24-25H,5-12H2,1-4H3,(H,30,33)(H,31,32). The smallest absolute Gasteiger partial charge is 0.308 e. The summed E-state index contributed by atoms with van der Waals surface area (Å²) in [5.74, 6) is -1.10. The quantitative estimate of drug-likeness (QED) is 0.479. The molecule has 3 aliphatic rings. The minimum Gasteiger partial charge on any atom is -0.496 e. The molecule has 0 radical (unpaired) electrons. The first-order chi connectivity index (χ1) is 17.7. The van der Waals surface area contributed by atoms with Crippen LogP contribution in [-0.2, 0) is 14.3 Å². The third-order valence-corrected chi connectivity index (χ3v) is 8.03. The van der Waals surface area contributed by atoms with Gasteiger partial charge in [-0.25, -0.2) is 4.39 Å². The van der Waals surface area contributed by atoms with Gasteiger partial charge in [-0.1, -0.05) is 0 Å². The van der Waals surface area contributed by atoms with Crippen LogP contribution in [-0.4, -0.2) is 49.7 Å². The third kappa shape index (κ3) is 6.02. The minimum absolute atomic E-state index is 0.0206. The molecule has 3 saturated carbocycles. The van der Waals surface area contributed by atoms with Crippen LogP contribution in [0.25, 0.3) is 0 Å². The number of esters is 1. The van der Waals surface area contributed by atoms with Crippen molar-refractivity contribution in [3.8, 4) is 11.5 Å². The normalized spacial score (nSPS) is 28.6. The monoisotopic (exact) mass is 518 g/mol. The van der Waals surface area contributed by atoms with Crippen molar-refractivity contribution in [2.24, 2.45) is 23.7 Å². The van der Waals surface area contributed by atoms with Gasteiger partial charge in [0.25, 0.3) is 5.91 Å². The van der Waals surface area contributed by atoms with E-state index >= 15 is 0 Å². The number of hydrogen-bond acceptors (Lipinski definition) is 6. The van der Waals surface area contributed by atoms with Crippen molar-refractivity contribution < 1.29 is 33.0 Å². The molecule has 37 heavy (non-hydrogen) atoms. The molecule has 0 spiro atoms. The van der Waals surface area contributed by atoms with Crippen LogP contribution in [0.5, 0.6) is 11.5 Å². The maximum atomic E-state index is 14.9. The van der Waals surface area contributed by atoms with Crippen LogP contribution in [0.3, 0.4) is 0 Å². The number of methoxy groups -OCH3 is 1. The van der Waals surface area contributed by atoms with Gasteiger partial charge in [-0.15, -0.1) is 0 Å². The molecule has 3 fully saturated rings. The number of carbonyl (C=O) groups is 3. The van der Waals surface area contributed by atoms with Gasteiger partial charge in [0.1, 0.15) is 5.75 Å². The summed E-state index contributed by atoms with van der Waals surface area (Å²) < 4.78 is 31.3. The van der Waals surface area contributed by atoms with Gasteiger partial charge in [-0.05, 0) is 83.6 Å². The van der Waals surface area contributed by atoms with Crippen LogP contribution < -0.4 is 20.1 Å². The molecular weight excluding hydrogens is 479 g/mol. The van der Waals surface area contributed by atoms with E-state index in [0.29, 0.717) is 32.3 Å². The number of rotatable bonds is 9. The Morgan fingerprint density at radius 1 is 1.03 bits per heavy atom. The minimum atomic E-state index is -0.616. The van der Waals surface area contributed by atoms with Gasteiger partial charge < -0.3 is 24.8 Å². The Hall–Kier alpha value is -2.84. The first kappa shape index (κ1) is 27.2. The van der Waals surface area contributed by atoms with Gasteiger partial charge in [-0.2, -0.15) is 0 Å². The first-order valence-corrected chi connectivity index (χ1v) is 13.5. The number of benzene rings is 1. The first-order valence-electron chi connectivity index (χ1n) is 13.5. The van der Waals surface area contributed by atoms with Gasteiger partial charge >= 0.3 is 5.97 Å². The van der Waals surface area contributed by atoms with E-state index in [9.17, 15) is 18.8 Å². The number of hydrogen-bond donors (Lipinski definition) is 2. The number of carbonyl (C=O) groups excluding carboxylic acids is 3. The van der Waals surface area contributed by atoms with Gasteiger partial charge in [-0.3, -0.25) is 14.4 Å². The topological polar surface area (TPSA) is 103 Å². The highest BCUT2D eigenvalue weighted by Gasteiger charge is 2.51. The zero-order valence-electron chi connectivity index (χ0n) is 22.2. The summed E-state index contributed by atoms with van der Waals surface area (Å²) in [6.07, 6.45) is 5.03. The molecule has 1 aromatic rings. The fourth-order valence-electron chi connectivity index (χ4n) is 6.31. The van der Waals surface area contributed by atoms with E-state index in [1.54, 1.807) is 6.92 Å². The molecule has 1 aromatic carbocycles. The molecule has 2 N–H and O–H groups in total. The van der Waals surface area contributed by atoms with E-state index in [1.807, 2.05) is 13.8 Å². The summed E-state index contributed by atoms with van der Waals surface area (Å²) in [5.41, 5.74) is 0.171. The maximum Gasteiger partial charge on any atom is 0.308 e. The largest absolute Gasteiger partial charge is 0.496 e. The molecule has 8 nitrogen and oxygen atoms in total. The average Bonchev–Trinajstić information content (AvgIpc) is 3.47. The summed E-state index contributed by atoms with van der Waals surface area (Å²) in [5, 5.41) is 6.08. The van der Waals surface area contributed by atoms with Gasteiger partial charge in [0.15, 0.2) is 11.6 Å². The van der Waals surface area contributed by atoms with E-state index in [1.165, 1.54) is 13.2 Å². The number of amides is 2. The van der Waals surface area contributed by atoms with E-state index in [0.717, 1.165) is 25.3 Å². The molecule has 2 bridgehead atoms. The summed E-state index contributed by atoms with van der Waals surface area (Å²) in [7, 11) is 1.39. The molecule has 4 unspecified atom stereocenters. The summed E-state index contributed by atoms with van der Waals surface area (Å²) >= 11 is 0. The molecule has 0 heterocycles. The summed E-state index contributed by atoms with van der Waals surface area (Å²) in [6.45, 7) is 5.98. The maximum absolute atomic E-state index is 14.9. The second kappa shape index (κ2) is 11.7. The molecule has 0 saturated heterocycles. The molecule has 204 valence electrons. The van der Waals surface area contributed by atoms with Crippen molar-refractivity contribution in [1.29, 1.82) is 0 Å². The summed E-state index contributed by atoms with van der Waals surface area (Å²) in [4.78, 5) is 38.4. The second-order valence-electron chi connectivity index (χ2n) is 10.8. The molecule has 3 aliphatic carbocycles. The van der Waals surface area contributed by atoms with Crippen molar-refractivity contribution in [1.82, 2.24) is 10.6 Å². The van der Waals surface area contributed by atoms with Crippen LogP contribution >= 0.6 is 0 Å². The zero-order chi connectivity index (χ0) is 26.7. The number of fused-ring (bicyclic) bond motifs is 2. The van der Waals surface area contributed by atoms with Crippen LogP contribution in [0, 0.1) is 29.5 Å². The average molecular weight is 519 g/mol. The number of nitrogens with one attached hydrogen (secondary N) is 2. The van der Waals surface area contributed by atoms with E-state index < -0.39 is 11.7 Å². The Kier molecular flexibility index (Phi) is 8.60. The molecule has 2 amide bonds. The Morgan fingerprint density at radius 3 is 2.38 bits per heavy atom. The number of halogens is 1. The third-order valence-electron chi connectivity index (χ3n) is 8.03. The molecule has 0 aromatic heterocycles. The van der Waals surface area contributed by atoms with E-state index in [4.69, 9.17) is 14.2 Å². The van der Waals surface area contributed by atoms with Crippen LogP contribution in [0.4, 0.5) is 4.39 Å². The highest BCUT2D eigenvalue weighted by atomic mass is 19.1. The fourth-order valence-corrected chi connectivity index (χ4v) is 6.31. The predicted octanol–water partition coefficient (Wildman–Crippen LogP) is 4.00.